The Balaban J connectivity index is 0.00000420. The van der Waals surface area contributed by atoms with Gasteiger partial charge in [-0.05, 0) is 50.6 Å². The van der Waals surface area contributed by atoms with Gasteiger partial charge < -0.3 is 25.2 Å². The minimum Gasteiger partial charge on any atom is -0.497 e. The molecule has 1 amide bonds. The molecule has 1 unspecified atom stereocenters. The first-order valence-corrected chi connectivity index (χ1v) is 9.95. The molecule has 2 rings (SSSR count). The van der Waals surface area contributed by atoms with E-state index in [1.54, 1.807) is 14.2 Å². The highest BCUT2D eigenvalue weighted by atomic mass is 127. The van der Waals surface area contributed by atoms with E-state index < -0.39 is 0 Å². The monoisotopic (exact) mass is 517 g/mol. The molecule has 1 atom stereocenters. The van der Waals surface area contributed by atoms with Gasteiger partial charge in [-0.15, -0.1) is 24.0 Å². The van der Waals surface area contributed by atoms with Crippen LogP contribution < -0.4 is 15.4 Å². The Morgan fingerprint density at radius 3 is 2.59 bits per heavy atom. The Labute approximate surface area is 192 Å². The van der Waals surface area contributed by atoms with Crippen molar-refractivity contribution in [3.8, 4) is 5.75 Å². The van der Waals surface area contributed by atoms with Crippen LogP contribution in [0.15, 0.2) is 29.3 Å². The van der Waals surface area contributed by atoms with Crippen molar-refractivity contribution < 1.29 is 9.53 Å². The van der Waals surface area contributed by atoms with E-state index >= 15 is 0 Å². The van der Waals surface area contributed by atoms with Gasteiger partial charge in [-0.2, -0.15) is 0 Å². The van der Waals surface area contributed by atoms with Crippen LogP contribution in [-0.4, -0.2) is 76.6 Å². The minimum atomic E-state index is 0. The number of methoxy groups -OCH3 is 1. The number of halogens is 1. The molecule has 7 nitrogen and oxygen atoms in total. The number of benzene rings is 1. The number of guanidine groups is 1. The zero-order chi connectivity index (χ0) is 20.5. The molecule has 1 aromatic carbocycles. The third-order valence-electron chi connectivity index (χ3n) is 5.43. The Kier molecular flexibility index (Phi) is 11.3. The summed E-state index contributed by atoms with van der Waals surface area (Å²) < 4.78 is 5.37. The second-order valence-corrected chi connectivity index (χ2v) is 7.49. The van der Waals surface area contributed by atoms with E-state index in [1.807, 2.05) is 19.2 Å². The number of hydrogen-bond donors (Lipinski definition) is 2. The van der Waals surface area contributed by atoms with Gasteiger partial charge >= 0.3 is 0 Å². The van der Waals surface area contributed by atoms with Gasteiger partial charge in [-0.1, -0.05) is 12.1 Å². The fourth-order valence-electron chi connectivity index (χ4n) is 3.68. The SMILES string of the molecule is CN=C(NCC(c1cccc(OC)c1)N(C)C)N1CCC(CC(=O)NC)CC1.I. The number of likely N-dealkylation sites (tertiary alicyclic amines) is 1. The molecule has 0 aliphatic carbocycles. The molecule has 1 aromatic rings. The zero-order valence-electron chi connectivity index (χ0n) is 18.3. The minimum absolute atomic E-state index is 0. The average molecular weight is 517 g/mol. The van der Waals surface area contributed by atoms with Gasteiger partial charge in [0.15, 0.2) is 5.96 Å². The maximum absolute atomic E-state index is 11.6. The lowest BCUT2D eigenvalue weighted by Gasteiger charge is -2.35. The van der Waals surface area contributed by atoms with Crippen molar-refractivity contribution in [2.75, 3.05) is 54.9 Å². The zero-order valence-corrected chi connectivity index (χ0v) is 20.6. The maximum atomic E-state index is 11.6. The second-order valence-electron chi connectivity index (χ2n) is 7.49. The molecule has 2 N–H and O–H groups in total. The highest BCUT2D eigenvalue weighted by Crippen LogP contribution is 2.23. The van der Waals surface area contributed by atoms with Crippen LogP contribution in [0.3, 0.4) is 0 Å². The van der Waals surface area contributed by atoms with E-state index in [0.717, 1.165) is 44.2 Å². The number of rotatable bonds is 7. The van der Waals surface area contributed by atoms with Gasteiger partial charge in [0.2, 0.25) is 5.91 Å². The number of likely N-dealkylation sites (N-methyl/N-ethyl adjacent to an activating group) is 1. The Morgan fingerprint density at radius 2 is 2.03 bits per heavy atom. The summed E-state index contributed by atoms with van der Waals surface area (Å²) in [6, 6.07) is 8.40. The second kappa shape index (κ2) is 12.9. The first-order valence-electron chi connectivity index (χ1n) is 9.95. The molecular weight excluding hydrogens is 481 g/mol. The van der Waals surface area contributed by atoms with Gasteiger partial charge in [-0.3, -0.25) is 9.79 Å². The summed E-state index contributed by atoms with van der Waals surface area (Å²) in [4.78, 5) is 20.6. The predicted molar refractivity (Wildman–Crippen MR) is 129 cm³/mol. The summed E-state index contributed by atoms with van der Waals surface area (Å²) in [5.74, 6) is 2.38. The van der Waals surface area contributed by atoms with Gasteiger partial charge in [0.05, 0.1) is 13.2 Å². The molecule has 8 heteroatoms. The van der Waals surface area contributed by atoms with Crippen LogP contribution in [0, 0.1) is 5.92 Å². The molecule has 0 aromatic heterocycles. The van der Waals surface area contributed by atoms with Crippen LogP contribution in [-0.2, 0) is 4.79 Å². The van der Waals surface area contributed by atoms with E-state index in [4.69, 9.17) is 4.74 Å². The summed E-state index contributed by atoms with van der Waals surface area (Å²) in [6.07, 6.45) is 2.65. The topological polar surface area (TPSA) is 69.2 Å². The van der Waals surface area contributed by atoms with Crippen molar-refractivity contribution in [1.29, 1.82) is 0 Å². The summed E-state index contributed by atoms with van der Waals surface area (Å²) in [6.45, 7) is 2.60. The van der Waals surface area contributed by atoms with Gasteiger partial charge in [0.1, 0.15) is 5.75 Å². The lowest BCUT2D eigenvalue weighted by atomic mass is 9.93. The number of aliphatic imine (C=N–C) groups is 1. The number of ether oxygens (including phenoxy) is 1. The normalized spacial score (nSPS) is 16.2. The lowest BCUT2D eigenvalue weighted by molar-refractivity contribution is -0.121. The number of carbonyl (C=O) groups excluding carboxylic acids is 1. The Bertz CT molecular complexity index is 660. The van der Waals surface area contributed by atoms with Crippen molar-refractivity contribution in [3.05, 3.63) is 29.8 Å². The lowest BCUT2D eigenvalue weighted by Crippen LogP contribution is -2.47. The van der Waals surface area contributed by atoms with Crippen LogP contribution in [0.5, 0.6) is 5.75 Å². The molecule has 1 fully saturated rings. The summed E-state index contributed by atoms with van der Waals surface area (Å²) in [5, 5.41) is 6.26. The van der Waals surface area contributed by atoms with E-state index in [1.165, 1.54) is 5.56 Å². The van der Waals surface area contributed by atoms with Crippen molar-refractivity contribution in [2.24, 2.45) is 10.9 Å². The number of nitrogens with zero attached hydrogens (tertiary/aromatic N) is 3. The quantitative estimate of drug-likeness (QED) is 0.330. The molecule has 0 radical (unpaired) electrons. The van der Waals surface area contributed by atoms with Crippen LogP contribution >= 0.6 is 24.0 Å². The molecule has 29 heavy (non-hydrogen) atoms. The van der Waals surface area contributed by atoms with Crippen LogP contribution in [0.2, 0.25) is 0 Å². The number of carbonyl (C=O) groups is 1. The molecule has 0 spiro atoms. The fraction of sp³-hybridized carbons (Fsp3) is 0.619. The first-order chi connectivity index (χ1) is 13.5. The van der Waals surface area contributed by atoms with Crippen molar-refractivity contribution >= 4 is 35.8 Å². The predicted octanol–water partition coefficient (Wildman–Crippen LogP) is 2.34. The van der Waals surface area contributed by atoms with Gasteiger partial charge in [-0.25, -0.2) is 0 Å². The number of amides is 1. The average Bonchev–Trinajstić information content (AvgIpc) is 2.71. The highest BCUT2D eigenvalue weighted by Gasteiger charge is 2.24. The molecule has 1 aliphatic rings. The molecule has 164 valence electrons. The van der Waals surface area contributed by atoms with Crippen molar-refractivity contribution in [2.45, 2.75) is 25.3 Å². The molecule has 1 aliphatic heterocycles. The number of nitrogens with one attached hydrogen (secondary N) is 2. The molecular formula is C21H36IN5O2. The summed E-state index contributed by atoms with van der Waals surface area (Å²) >= 11 is 0. The Morgan fingerprint density at radius 1 is 1.34 bits per heavy atom. The first kappa shape index (κ1) is 25.5. The standard InChI is InChI=1S/C21H35N5O2.HI/c1-22-20(27)13-16-9-11-26(12-10-16)21(23-2)24-15-19(25(3)4)17-7-6-8-18(14-17)28-5;/h6-8,14,16,19H,9-13,15H2,1-5H3,(H,22,27)(H,23,24);1H. The van der Waals surface area contributed by atoms with Gasteiger partial charge in [0, 0.05) is 40.2 Å². The smallest absolute Gasteiger partial charge is 0.220 e. The molecule has 1 saturated heterocycles. The molecule has 0 bridgehead atoms. The third-order valence-corrected chi connectivity index (χ3v) is 5.43. The Hall–Kier alpha value is -1.55. The van der Waals surface area contributed by atoms with Crippen LogP contribution in [0.4, 0.5) is 0 Å². The largest absolute Gasteiger partial charge is 0.497 e. The highest BCUT2D eigenvalue weighted by molar-refractivity contribution is 14.0. The van der Waals surface area contributed by atoms with Crippen molar-refractivity contribution in [3.63, 3.8) is 0 Å². The van der Waals surface area contributed by atoms with Crippen molar-refractivity contribution in [1.82, 2.24) is 20.4 Å². The van der Waals surface area contributed by atoms with E-state index in [0.29, 0.717) is 12.3 Å². The molecule has 1 heterocycles. The summed E-state index contributed by atoms with van der Waals surface area (Å²) in [5.41, 5.74) is 1.21. The number of hydrogen-bond acceptors (Lipinski definition) is 4. The third kappa shape index (κ3) is 7.65. The maximum Gasteiger partial charge on any atom is 0.220 e. The van der Waals surface area contributed by atoms with E-state index in [2.05, 4.69) is 51.7 Å². The van der Waals surface area contributed by atoms with Crippen LogP contribution in [0.1, 0.15) is 30.9 Å². The number of piperidine rings is 1. The van der Waals surface area contributed by atoms with E-state index in [9.17, 15) is 4.79 Å². The van der Waals surface area contributed by atoms with Crippen LogP contribution in [0.25, 0.3) is 0 Å². The molecule has 0 saturated carbocycles. The van der Waals surface area contributed by atoms with Gasteiger partial charge in [0.25, 0.3) is 0 Å². The van der Waals surface area contributed by atoms with E-state index in [-0.39, 0.29) is 35.9 Å². The fourth-order valence-corrected chi connectivity index (χ4v) is 3.68. The summed E-state index contributed by atoms with van der Waals surface area (Å²) in [7, 11) is 9.39.